The second-order valence-corrected chi connectivity index (χ2v) is 8.67. The number of rotatable bonds is 4. The van der Waals surface area contributed by atoms with Gasteiger partial charge in [0.25, 0.3) is 10.0 Å². The highest BCUT2D eigenvalue weighted by Gasteiger charge is 2.26. The third-order valence-corrected chi connectivity index (χ3v) is 5.69. The van der Waals surface area contributed by atoms with E-state index in [1.54, 1.807) is 35.8 Å². The molecule has 26 heavy (non-hydrogen) atoms. The number of nitrogens with zero attached hydrogens (tertiary/aromatic N) is 4. The summed E-state index contributed by atoms with van der Waals surface area (Å²) in [6.45, 7) is 2.92. The molecule has 3 rings (SSSR count). The average molecular weight is 396 g/mol. The number of halogens is 1. The van der Waals surface area contributed by atoms with E-state index in [-0.39, 0.29) is 10.9 Å². The first-order valence-corrected chi connectivity index (χ1v) is 10.1. The predicted octanol–water partition coefficient (Wildman–Crippen LogP) is 2.23. The summed E-state index contributed by atoms with van der Waals surface area (Å²) in [5, 5.41) is 8.34. The topological polar surface area (TPSA) is 79.6 Å². The van der Waals surface area contributed by atoms with Crippen molar-refractivity contribution >= 4 is 28.0 Å². The van der Waals surface area contributed by atoms with Crippen LogP contribution in [-0.4, -0.2) is 50.1 Å². The number of hydrogen-bond acceptors (Lipinski definition) is 4. The van der Waals surface area contributed by atoms with Gasteiger partial charge in [0.1, 0.15) is 6.34 Å². The first kappa shape index (κ1) is 18.9. The Balaban J connectivity index is 2.13. The van der Waals surface area contributed by atoms with Gasteiger partial charge in [0.2, 0.25) is 0 Å². The molecule has 2 heterocycles. The number of nitrogens with one attached hydrogen (secondary N) is 1. The summed E-state index contributed by atoms with van der Waals surface area (Å²) in [5.74, 6) is 0. The molecule has 1 aliphatic rings. The third kappa shape index (κ3) is 3.62. The molecule has 2 aromatic rings. The Bertz CT molecular complexity index is 966. The number of aromatic nitrogens is 2. The monoisotopic (exact) mass is 395 g/mol. The van der Waals surface area contributed by atoms with E-state index in [0.717, 1.165) is 35.5 Å². The lowest BCUT2D eigenvalue weighted by molar-refractivity contribution is 0.525. The van der Waals surface area contributed by atoms with Crippen molar-refractivity contribution in [1.82, 2.24) is 20.0 Å². The van der Waals surface area contributed by atoms with E-state index in [1.807, 2.05) is 7.05 Å². The highest BCUT2D eigenvalue weighted by molar-refractivity contribution is 7.90. The lowest BCUT2D eigenvalue weighted by atomic mass is 9.97. The fourth-order valence-electron chi connectivity index (χ4n) is 3.12. The first-order valence-electron chi connectivity index (χ1n) is 8.26. The quantitative estimate of drug-likeness (QED) is 0.634. The summed E-state index contributed by atoms with van der Waals surface area (Å²) in [6, 6.07) is 4.95. The van der Waals surface area contributed by atoms with Crippen molar-refractivity contribution in [3.63, 3.8) is 0 Å². The van der Waals surface area contributed by atoms with Gasteiger partial charge in [-0.3, -0.25) is 4.68 Å². The van der Waals surface area contributed by atoms with Gasteiger partial charge < -0.3 is 10.2 Å². The summed E-state index contributed by atoms with van der Waals surface area (Å²) in [4.78, 5) is 1.63. The Morgan fingerprint density at radius 3 is 2.81 bits per heavy atom. The van der Waals surface area contributed by atoms with Gasteiger partial charge in [0.15, 0.2) is 0 Å². The van der Waals surface area contributed by atoms with Crippen LogP contribution in [0.1, 0.15) is 24.2 Å². The molecular formula is C17H22ClN5O2S. The van der Waals surface area contributed by atoms with Crippen molar-refractivity contribution in [3.05, 3.63) is 34.5 Å². The van der Waals surface area contributed by atoms with Gasteiger partial charge in [-0.1, -0.05) is 11.6 Å². The molecule has 0 radical (unpaired) electrons. The van der Waals surface area contributed by atoms with Crippen molar-refractivity contribution < 1.29 is 8.42 Å². The normalized spacial score (nSPS) is 17.5. The van der Waals surface area contributed by atoms with Crippen LogP contribution in [0.15, 0.2) is 27.5 Å². The van der Waals surface area contributed by atoms with E-state index < -0.39 is 10.0 Å². The highest BCUT2D eigenvalue weighted by atomic mass is 35.5. The van der Waals surface area contributed by atoms with Crippen LogP contribution in [0.25, 0.3) is 11.3 Å². The van der Waals surface area contributed by atoms with Gasteiger partial charge in [-0.2, -0.15) is 13.5 Å². The van der Waals surface area contributed by atoms with Crippen LogP contribution < -0.4 is 5.32 Å². The second kappa shape index (κ2) is 7.02. The molecule has 0 saturated heterocycles. The zero-order valence-corrected chi connectivity index (χ0v) is 16.8. The van der Waals surface area contributed by atoms with Gasteiger partial charge in [0.05, 0.1) is 16.3 Å². The molecule has 9 heteroatoms. The zero-order valence-electron chi connectivity index (χ0n) is 15.2. The van der Waals surface area contributed by atoms with E-state index >= 15 is 0 Å². The molecule has 0 spiro atoms. The van der Waals surface area contributed by atoms with Gasteiger partial charge >= 0.3 is 0 Å². The molecule has 0 bridgehead atoms. The maximum absolute atomic E-state index is 12.5. The SMILES string of the molecule is CC1NCCc2c1nn(C)c2-c1cc(Cl)cc(S(=O)(=O)N=CN(C)C)c1. The van der Waals surface area contributed by atoms with Crippen LogP contribution in [0, 0.1) is 0 Å². The Kier molecular flexibility index (Phi) is 5.09. The van der Waals surface area contributed by atoms with Crippen molar-refractivity contribution in [1.29, 1.82) is 0 Å². The highest BCUT2D eigenvalue weighted by Crippen LogP contribution is 2.34. The Labute approximate surface area is 158 Å². The molecule has 1 N–H and O–H groups in total. The molecule has 1 atom stereocenters. The average Bonchev–Trinajstić information content (AvgIpc) is 2.90. The van der Waals surface area contributed by atoms with E-state index in [2.05, 4.69) is 21.7 Å². The summed E-state index contributed by atoms with van der Waals surface area (Å²) < 4.78 is 30.5. The van der Waals surface area contributed by atoms with E-state index in [9.17, 15) is 8.42 Å². The Morgan fingerprint density at radius 1 is 1.38 bits per heavy atom. The molecule has 0 aliphatic carbocycles. The number of benzene rings is 1. The molecule has 1 aromatic carbocycles. The standard InChI is InChI=1S/C17H22ClN5O2S/c1-11-16-15(5-6-19-11)17(23(4)21-16)12-7-13(18)9-14(8-12)26(24,25)20-10-22(2)3/h7-11,19H,5-6H2,1-4H3. The van der Waals surface area contributed by atoms with Gasteiger partial charge in [-0.25, -0.2) is 0 Å². The fraction of sp³-hybridized carbons (Fsp3) is 0.412. The maximum Gasteiger partial charge on any atom is 0.283 e. The summed E-state index contributed by atoms with van der Waals surface area (Å²) in [5.41, 5.74) is 3.73. The van der Waals surface area contributed by atoms with Crippen molar-refractivity contribution in [3.8, 4) is 11.3 Å². The molecular weight excluding hydrogens is 374 g/mol. The molecule has 0 saturated carbocycles. The summed E-state index contributed by atoms with van der Waals surface area (Å²) in [6.07, 6.45) is 2.09. The molecule has 0 amide bonds. The maximum atomic E-state index is 12.5. The van der Waals surface area contributed by atoms with Gasteiger partial charge in [-0.05, 0) is 38.1 Å². The van der Waals surface area contributed by atoms with Gasteiger partial charge in [-0.15, -0.1) is 4.40 Å². The van der Waals surface area contributed by atoms with E-state index in [0.29, 0.717) is 5.02 Å². The lowest BCUT2D eigenvalue weighted by Crippen LogP contribution is -2.27. The minimum Gasteiger partial charge on any atom is -0.368 e. The summed E-state index contributed by atoms with van der Waals surface area (Å²) in [7, 11) is 1.44. The Hall–Kier alpha value is -1.90. The van der Waals surface area contributed by atoms with Crippen LogP contribution in [0.3, 0.4) is 0 Å². The second-order valence-electron chi connectivity index (χ2n) is 6.60. The minimum atomic E-state index is -3.83. The van der Waals surface area contributed by atoms with E-state index in [4.69, 9.17) is 11.6 Å². The van der Waals surface area contributed by atoms with Crippen molar-refractivity contribution in [2.45, 2.75) is 24.3 Å². The van der Waals surface area contributed by atoms with E-state index in [1.165, 1.54) is 12.4 Å². The number of fused-ring (bicyclic) bond motifs is 1. The Morgan fingerprint density at radius 2 is 2.12 bits per heavy atom. The first-order chi connectivity index (χ1) is 12.2. The largest absolute Gasteiger partial charge is 0.368 e. The minimum absolute atomic E-state index is 0.0648. The summed E-state index contributed by atoms with van der Waals surface area (Å²) >= 11 is 6.23. The number of sulfonamides is 1. The molecule has 1 aromatic heterocycles. The van der Waals surface area contributed by atoms with Crippen molar-refractivity contribution in [2.75, 3.05) is 20.6 Å². The van der Waals surface area contributed by atoms with Crippen LogP contribution >= 0.6 is 11.6 Å². The van der Waals surface area contributed by atoms with Crippen LogP contribution in [0.5, 0.6) is 0 Å². The fourth-order valence-corrected chi connectivity index (χ4v) is 4.41. The van der Waals surface area contributed by atoms with Crippen LogP contribution in [0.4, 0.5) is 0 Å². The molecule has 0 fully saturated rings. The molecule has 1 unspecified atom stereocenters. The predicted molar refractivity (Wildman–Crippen MR) is 103 cm³/mol. The lowest BCUT2D eigenvalue weighted by Gasteiger charge is -2.19. The molecule has 1 aliphatic heterocycles. The molecule has 7 nitrogen and oxygen atoms in total. The van der Waals surface area contributed by atoms with Crippen LogP contribution in [-0.2, 0) is 23.5 Å². The third-order valence-electron chi connectivity index (χ3n) is 4.27. The number of aryl methyl sites for hydroxylation is 1. The molecule has 140 valence electrons. The smallest absolute Gasteiger partial charge is 0.283 e. The van der Waals surface area contributed by atoms with Crippen molar-refractivity contribution in [2.24, 2.45) is 11.4 Å². The van der Waals surface area contributed by atoms with Crippen LogP contribution in [0.2, 0.25) is 5.02 Å². The zero-order chi connectivity index (χ0) is 19.1. The number of hydrogen-bond donors (Lipinski definition) is 1. The van der Waals surface area contributed by atoms with Gasteiger partial charge in [0, 0.05) is 43.3 Å².